The summed E-state index contributed by atoms with van der Waals surface area (Å²) in [6.45, 7) is 1.83. The molecule has 0 saturated carbocycles. The summed E-state index contributed by atoms with van der Waals surface area (Å²) in [6.07, 6.45) is 2.24. The van der Waals surface area contributed by atoms with Gasteiger partial charge in [0.2, 0.25) is 0 Å². The molecular formula is C14H13ClF2N4. The first-order valence-electron chi connectivity index (χ1n) is 6.44. The Morgan fingerprint density at radius 1 is 1.29 bits per heavy atom. The Balaban J connectivity index is 2.37. The van der Waals surface area contributed by atoms with Crippen molar-refractivity contribution in [2.24, 2.45) is 7.05 Å². The highest BCUT2D eigenvalue weighted by Crippen LogP contribution is 2.26. The maximum Gasteiger partial charge on any atom is 0.153 e. The summed E-state index contributed by atoms with van der Waals surface area (Å²) in [5, 5.41) is 4.27. The number of fused-ring (bicyclic) bond motifs is 1. The van der Waals surface area contributed by atoms with Gasteiger partial charge in [0.15, 0.2) is 5.82 Å². The third-order valence-corrected chi connectivity index (χ3v) is 3.48. The molecule has 110 valence electrons. The predicted octanol–water partition coefficient (Wildman–Crippen LogP) is 3.13. The molecule has 0 saturated heterocycles. The van der Waals surface area contributed by atoms with Crippen molar-refractivity contribution in [1.82, 2.24) is 19.3 Å². The number of aromatic nitrogens is 4. The number of rotatable bonds is 3. The third kappa shape index (κ3) is 2.29. The number of imidazole rings is 1. The molecule has 3 aromatic rings. The van der Waals surface area contributed by atoms with Gasteiger partial charge in [0, 0.05) is 37.7 Å². The fourth-order valence-corrected chi connectivity index (χ4v) is 2.65. The zero-order valence-corrected chi connectivity index (χ0v) is 12.3. The molecule has 0 aliphatic rings. The highest BCUT2D eigenvalue weighted by atomic mass is 35.5. The number of nitrogens with zero attached hydrogens (tertiary/aromatic N) is 4. The summed E-state index contributed by atoms with van der Waals surface area (Å²) in [4.78, 5) is 4.27. The first-order valence-corrected chi connectivity index (χ1v) is 6.97. The van der Waals surface area contributed by atoms with Crippen LogP contribution in [0.25, 0.3) is 16.7 Å². The maximum absolute atomic E-state index is 13.9. The SMILES string of the molecule is Cc1nn(C)cc1-n1c(CCCl)nc2c(F)cc(F)cc21. The van der Waals surface area contributed by atoms with Crippen LogP contribution in [0.1, 0.15) is 11.5 Å². The second-order valence-corrected chi connectivity index (χ2v) is 5.21. The Labute approximate surface area is 125 Å². The van der Waals surface area contributed by atoms with Crippen LogP contribution in [0.4, 0.5) is 8.78 Å². The molecule has 0 atom stereocenters. The van der Waals surface area contributed by atoms with Crippen LogP contribution in [0.15, 0.2) is 18.3 Å². The minimum atomic E-state index is -0.680. The molecule has 0 radical (unpaired) electrons. The fourth-order valence-electron chi connectivity index (χ4n) is 2.48. The summed E-state index contributed by atoms with van der Waals surface area (Å²) in [5.41, 5.74) is 2.01. The van der Waals surface area contributed by atoms with Crippen molar-refractivity contribution >= 4 is 22.6 Å². The highest BCUT2D eigenvalue weighted by Gasteiger charge is 2.19. The number of halogens is 3. The molecule has 3 rings (SSSR count). The first kappa shape index (κ1) is 14.0. The predicted molar refractivity (Wildman–Crippen MR) is 76.9 cm³/mol. The molecule has 1 aromatic carbocycles. The van der Waals surface area contributed by atoms with Crippen molar-refractivity contribution < 1.29 is 8.78 Å². The average Bonchev–Trinajstić information content (AvgIpc) is 2.90. The summed E-state index contributed by atoms with van der Waals surface area (Å²) < 4.78 is 30.9. The van der Waals surface area contributed by atoms with E-state index >= 15 is 0 Å². The van der Waals surface area contributed by atoms with Crippen molar-refractivity contribution in [3.8, 4) is 5.69 Å². The van der Waals surface area contributed by atoms with E-state index in [9.17, 15) is 8.78 Å². The molecule has 0 amide bonds. The van der Waals surface area contributed by atoms with Gasteiger partial charge in [-0.15, -0.1) is 11.6 Å². The van der Waals surface area contributed by atoms with Gasteiger partial charge < -0.3 is 0 Å². The van der Waals surface area contributed by atoms with Crippen LogP contribution in [0.5, 0.6) is 0 Å². The van der Waals surface area contributed by atoms with Crippen LogP contribution in [-0.2, 0) is 13.5 Å². The second-order valence-electron chi connectivity index (χ2n) is 4.83. The molecule has 2 heterocycles. The van der Waals surface area contributed by atoms with Crippen molar-refractivity contribution in [1.29, 1.82) is 0 Å². The van der Waals surface area contributed by atoms with E-state index in [4.69, 9.17) is 11.6 Å². The van der Waals surface area contributed by atoms with Crippen LogP contribution >= 0.6 is 11.6 Å². The van der Waals surface area contributed by atoms with Gasteiger partial charge in [-0.3, -0.25) is 9.25 Å². The lowest BCUT2D eigenvalue weighted by molar-refractivity contribution is 0.590. The number of alkyl halides is 1. The van der Waals surface area contributed by atoms with E-state index in [1.165, 1.54) is 6.07 Å². The van der Waals surface area contributed by atoms with E-state index in [0.717, 1.165) is 17.4 Å². The van der Waals surface area contributed by atoms with Gasteiger partial charge in [0.25, 0.3) is 0 Å². The molecule has 4 nitrogen and oxygen atoms in total. The summed E-state index contributed by atoms with van der Waals surface area (Å²) in [7, 11) is 1.79. The molecule has 0 aliphatic carbocycles. The maximum atomic E-state index is 13.9. The third-order valence-electron chi connectivity index (χ3n) is 3.29. The van der Waals surface area contributed by atoms with E-state index in [1.807, 2.05) is 6.92 Å². The number of hydrogen-bond acceptors (Lipinski definition) is 2. The Morgan fingerprint density at radius 3 is 2.67 bits per heavy atom. The first-order chi connectivity index (χ1) is 10.0. The zero-order valence-electron chi connectivity index (χ0n) is 11.6. The summed E-state index contributed by atoms with van der Waals surface area (Å²) in [6, 6.07) is 2.11. The van der Waals surface area contributed by atoms with Crippen LogP contribution in [0.2, 0.25) is 0 Å². The van der Waals surface area contributed by atoms with Gasteiger partial charge in [-0.2, -0.15) is 5.10 Å². The lowest BCUT2D eigenvalue weighted by Crippen LogP contribution is -2.03. The lowest BCUT2D eigenvalue weighted by atomic mass is 10.2. The topological polar surface area (TPSA) is 35.6 Å². The van der Waals surface area contributed by atoms with Crippen LogP contribution < -0.4 is 0 Å². The zero-order chi connectivity index (χ0) is 15.1. The monoisotopic (exact) mass is 310 g/mol. The average molecular weight is 311 g/mol. The smallest absolute Gasteiger partial charge is 0.153 e. The molecular weight excluding hydrogens is 298 g/mol. The van der Waals surface area contributed by atoms with Crippen molar-refractivity contribution in [3.05, 3.63) is 41.5 Å². The van der Waals surface area contributed by atoms with Crippen LogP contribution in [0.3, 0.4) is 0 Å². The summed E-state index contributed by atoms with van der Waals surface area (Å²) >= 11 is 5.80. The van der Waals surface area contributed by atoms with E-state index in [-0.39, 0.29) is 5.52 Å². The lowest BCUT2D eigenvalue weighted by Gasteiger charge is -2.07. The molecule has 0 fully saturated rings. The van der Waals surface area contributed by atoms with Crippen LogP contribution in [0, 0.1) is 18.6 Å². The summed E-state index contributed by atoms with van der Waals surface area (Å²) in [5.74, 6) is -0.394. The number of aryl methyl sites for hydroxylation is 3. The minimum Gasteiger partial charge on any atom is -0.293 e. The number of hydrogen-bond donors (Lipinski definition) is 0. The van der Waals surface area contributed by atoms with Gasteiger partial charge in [-0.25, -0.2) is 13.8 Å². The Hall–Kier alpha value is -1.95. The quantitative estimate of drug-likeness (QED) is 0.697. The highest BCUT2D eigenvalue weighted by molar-refractivity contribution is 6.17. The van der Waals surface area contributed by atoms with E-state index in [0.29, 0.717) is 23.6 Å². The fraction of sp³-hybridized carbons (Fsp3) is 0.286. The molecule has 0 unspecified atom stereocenters. The van der Waals surface area contributed by atoms with Gasteiger partial charge in [-0.05, 0) is 6.92 Å². The van der Waals surface area contributed by atoms with Gasteiger partial charge in [0.05, 0.1) is 16.9 Å². The van der Waals surface area contributed by atoms with Crippen molar-refractivity contribution in [2.45, 2.75) is 13.3 Å². The molecule has 0 spiro atoms. The Kier molecular flexibility index (Phi) is 3.41. The van der Waals surface area contributed by atoms with Crippen molar-refractivity contribution in [3.63, 3.8) is 0 Å². The molecule has 0 aliphatic heterocycles. The van der Waals surface area contributed by atoms with Gasteiger partial charge >= 0.3 is 0 Å². The number of benzene rings is 1. The molecule has 0 bridgehead atoms. The molecule has 0 N–H and O–H groups in total. The second kappa shape index (κ2) is 5.11. The Morgan fingerprint density at radius 2 is 2.05 bits per heavy atom. The molecule has 2 aromatic heterocycles. The van der Waals surface area contributed by atoms with E-state index in [2.05, 4.69) is 10.1 Å². The van der Waals surface area contributed by atoms with E-state index in [1.54, 1.807) is 22.5 Å². The molecule has 7 heteroatoms. The minimum absolute atomic E-state index is 0.139. The van der Waals surface area contributed by atoms with Gasteiger partial charge in [0.1, 0.15) is 17.2 Å². The normalized spacial score (nSPS) is 11.5. The Bertz CT molecular complexity index is 822. The van der Waals surface area contributed by atoms with Crippen LogP contribution in [-0.4, -0.2) is 25.2 Å². The van der Waals surface area contributed by atoms with Crippen molar-refractivity contribution in [2.75, 3.05) is 5.88 Å². The molecule has 21 heavy (non-hydrogen) atoms. The van der Waals surface area contributed by atoms with E-state index < -0.39 is 11.6 Å². The standard InChI is InChI=1S/C14H13ClF2N4/c1-8-12(7-20(2)19-8)21-11-6-9(16)5-10(17)14(11)18-13(21)3-4-15/h5-7H,3-4H2,1-2H3. The largest absolute Gasteiger partial charge is 0.293 e. The van der Waals surface area contributed by atoms with Gasteiger partial charge in [-0.1, -0.05) is 0 Å².